The number of carbonyl (C=O) groups is 1. The minimum absolute atomic E-state index is 0.0442. The summed E-state index contributed by atoms with van der Waals surface area (Å²) in [5, 5.41) is 0. The van der Waals surface area contributed by atoms with Crippen LogP contribution >= 0.6 is 0 Å². The van der Waals surface area contributed by atoms with Crippen LogP contribution in [0.1, 0.15) is 23.2 Å². The zero-order valence-corrected chi connectivity index (χ0v) is 9.83. The summed E-state index contributed by atoms with van der Waals surface area (Å²) in [6.45, 7) is 0.936. The minimum atomic E-state index is -1.03. The molecular weight excluding hydrogens is 242 g/mol. The summed E-state index contributed by atoms with van der Waals surface area (Å²) in [5.41, 5.74) is 0.112. The first kappa shape index (κ1) is 13.1. The number of rotatable bonds is 5. The molecule has 0 N–H and O–H groups in total. The van der Waals surface area contributed by atoms with Crippen molar-refractivity contribution in [2.45, 2.75) is 18.9 Å². The van der Waals surface area contributed by atoms with E-state index in [9.17, 15) is 13.6 Å². The number of halogens is 2. The normalized spacial score (nSPS) is 19.1. The fourth-order valence-electron chi connectivity index (χ4n) is 1.81. The third-order valence-corrected chi connectivity index (χ3v) is 2.80. The second-order valence-corrected chi connectivity index (χ2v) is 4.20. The highest BCUT2D eigenvalue weighted by Crippen LogP contribution is 2.13. The van der Waals surface area contributed by atoms with E-state index in [4.69, 9.17) is 9.47 Å². The quantitative estimate of drug-likeness (QED) is 0.758. The Bertz CT molecular complexity index is 428. The molecule has 0 spiro atoms. The molecule has 5 heteroatoms. The van der Waals surface area contributed by atoms with Crippen molar-refractivity contribution in [3.05, 3.63) is 35.4 Å². The van der Waals surface area contributed by atoms with Gasteiger partial charge in [-0.15, -0.1) is 0 Å². The molecule has 1 heterocycles. The number of hydrogen-bond acceptors (Lipinski definition) is 3. The SMILES string of the molecule is O=C(COCC1CCCO1)c1ccc(F)c(F)c1. The minimum Gasteiger partial charge on any atom is -0.376 e. The van der Waals surface area contributed by atoms with Gasteiger partial charge in [-0.2, -0.15) is 0 Å². The molecule has 2 rings (SSSR count). The van der Waals surface area contributed by atoms with Gasteiger partial charge in [-0.3, -0.25) is 4.79 Å². The van der Waals surface area contributed by atoms with Crippen molar-refractivity contribution in [3.63, 3.8) is 0 Å². The second-order valence-electron chi connectivity index (χ2n) is 4.20. The molecule has 1 aromatic carbocycles. The fraction of sp³-hybridized carbons (Fsp3) is 0.462. The van der Waals surface area contributed by atoms with Crippen molar-refractivity contribution in [1.82, 2.24) is 0 Å². The molecule has 0 amide bonds. The molecule has 1 atom stereocenters. The van der Waals surface area contributed by atoms with Crippen LogP contribution in [-0.4, -0.2) is 31.7 Å². The number of ketones is 1. The summed E-state index contributed by atoms with van der Waals surface area (Å²) >= 11 is 0. The molecule has 0 aliphatic carbocycles. The van der Waals surface area contributed by atoms with E-state index in [-0.39, 0.29) is 24.1 Å². The molecular formula is C13H14F2O3. The highest BCUT2D eigenvalue weighted by Gasteiger charge is 2.16. The summed E-state index contributed by atoms with van der Waals surface area (Å²) in [5.74, 6) is -2.36. The standard InChI is InChI=1S/C13H14F2O3/c14-11-4-3-9(6-12(11)15)13(16)8-17-7-10-2-1-5-18-10/h3-4,6,10H,1-2,5,7-8H2. The molecule has 1 saturated heterocycles. The molecule has 1 aliphatic heterocycles. The number of benzene rings is 1. The van der Waals surface area contributed by atoms with E-state index in [1.807, 2.05) is 0 Å². The number of hydrogen-bond donors (Lipinski definition) is 0. The van der Waals surface area contributed by atoms with Crippen LogP contribution in [0.2, 0.25) is 0 Å². The van der Waals surface area contributed by atoms with Crippen LogP contribution in [-0.2, 0) is 9.47 Å². The molecule has 1 unspecified atom stereocenters. The lowest BCUT2D eigenvalue weighted by Gasteiger charge is -2.09. The predicted octanol–water partition coefficient (Wildman–Crippen LogP) is 2.34. The Labute approximate surface area is 104 Å². The van der Waals surface area contributed by atoms with Crippen molar-refractivity contribution < 1.29 is 23.0 Å². The summed E-state index contributed by atoms with van der Waals surface area (Å²) in [6.07, 6.45) is 1.98. The lowest BCUT2D eigenvalue weighted by molar-refractivity contribution is 0.0190. The van der Waals surface area contributed by atoms with Gasteiger partial charge in [-0.25, -0.2) is 8.78 Å². The lowest BCUT2D eigenvalue weighted by atomic mass is 10.1. The van der Waals surface area contributed by atoms with Crippen molar-refractivity contribution in [2.75, 3.05) is 19.8 Å². The van der Waals surface area contributed by atoms with Gasteiger partial charge in [-0.1, -0.05) is 0 Å². The molecule has 0 bridgehead atoms. The first-order chi connectivity index (χ1) is 8.66. The Balaban J connectivity index is 1.81. The molecule has 1 fully saturated rings. The Hall–Kier alpha value is -1.33. The van der Waals surface area contributed by atoms with Gasteiger partial charge in [0.25, 0.3) is 0 Å². The van der Waals surface area contributed by atoms with E-state index in [1.54, 1.807) is 0 Å². The molecule has 98 valence electrons. The highest BCUT2D eigenvalue weighted by atomic mass is 19.2. The van der Waals surface area contributed by atoms with Gasteiger partial charge in [0.05, 0.1) is 12.7 Å². The van der Waals surface area contributed by atoms with Crippen molar-refractivity contribution >= 4 is 5.78 Å². The molecule has 3 nitrogen and oxygen atoms in total. The largest absolute Gasteiger partial charge is 0.376 e. The van der Waals surface area contributed by atoms with Crippen molar-refractivity contribution in [1.29, 1.82) is 0 Å². The van der Waals surface area contributed by atoms with Gasteiger partial charge < -0.3 is 9.47 Å². The number of carbonyl (C=O) groups excluding carboxylic acids is 1. The smallest absolute Gasteiger partial charge is 0.188 e. The van der Waals surface area contributed by atoms with Crippen molar-refractivity contribution in [3.8, 4) is 0 Å². The summed E-state index contributed by atoms with van der Waals surface area (Å²) < 4.78 is 36.1. The Morgan fingerprint density at radius 3 is 2.89 bits per heavy atom. The predicted molar refractivity (Wildman–Crippen MR) is 60.5 cm³/mol. The monoisotopic (exact) mass is 256 g/mol. The van der Waals surface area contributed by atoms with Gasteiger partial charge >= 0.3 is 0 Å². The summed E-state index contributed by atoms with van der Waals surface area (Å²) in [4.78, 5) is 11.6. The second kappa shape index (κ2) is 6.02. The van der Waals surface area contributed by atoms with E-state index in [1.165, 1.54) is 6.07 Å². The topological polar surface area (TPSA) is 35.5 Å². The van der Waals surface area contributed by atoms with E-state index in [0.29, 0.717) is 6.61 Å². The molecule has 0 aromatic heterocycles. The average Bonchev–Trinajstić information content (AvgIpc) is 2.85. The van der Waals surface area contributed by atoms with Crippen LogP contribution in [0.3, 0.4) is 0 Å². The van der Waals surface area contributed by atoms with Gasteiger partial charge in [0, 0.05) is 12.2 Å². The molecule has 18 heavy (non-hydrogen) atoms. The van der Waals surface area contributed by atoms with Gasteiger partial charge in [-0.05, 0) is 31.0 Å². The maximum Gasteiger partial charge on any atom is 0.188 e. The molecule has 1 aromatic rings. The van der Waals surface area contributed by atoms with Gasteiger partial charge in [0.2, 0.25) is 0 Å². The van der Waals surface area contributed by atoms with E-state index in [2.05, 4.69) is 0 Å². The zero-order valence-electron chi connectivity index (χ0n) is 9.83. The average molecular weight is 256 g/mol. The van der Waals surface area contributed by atoms with Crippen LogP contribution in [0.15, 0.2) is 18.2 Å². The Kier molecular flexibility index (Phi) is 4.38. The van der Waals surface area contributed by atoms with Gasteiger partial charge in [0.15, 0.2) is 17.4 Å². The van der Waals surface area contributed by atoms with Crippen LogP contribution in [0, 0.1) is 11.6 Å². The zero-order chi connectivity index (χ0) is 13.0. The molecule has 1 aliphatic rings. The third kappa shape index (κ3) is 3.34. The number of ether oxygens (including phenoxy) is 2. The number of Topliss-reactive ketones (excluding diaryl/α,β-unsaturated/α-hetero) is 1. The Morgan fingerprint density at radius 1 is 1.39 bits per heavy atom. The first-order valence-corrected chi connectivity index (χ1v) is 5.84. The van der Waals surface area contributed by atoms with E-state index in [0.717, 1.165) is 31.6 Å². The Morgan fingerprint density at radius 2 is 2.22 bits per heavy atom. The molecule has 0 saturated carbocycles. The third-order valence-electron chi connectivity index (χ3n) is 2.80. The van der Waals surface area contributed by atoms with E-state index < -0.39 is 11.6 Å². The summed E-state index contributed by atoms with van der Waals surface area (Å²) in [6, 6.07) is 3.06. The lowest BCUT2D eigenvalue weighted by Crippen LogP contribution is -2.18. The maximum absolute atomic E-state index is 12.9. The first-order valence-electron chi connectivity index (χ1n) is 5.84. The summed E-state index contributed by atoms with van der Waals surface area (Å²) in [7, 11) is 0. The highest BCUT2D eigenvalue weighted by molar-refractivity contribution is 5.97. The van der Waals surface area contributed by atoms with E-state index >= 15 is 0 Å². The van der Waals surface area contributed by atoms with Crippen LogP contribution in [0.4, 0.5) is 8.78 Å². The van der Waals surface area contributed by atoms with Crippen LogP contribution < -0.4 is 0 Å². The van der Waals surface area contributed by atoms with Crippen LogP contribution in [0.5, 0.6) is 0 Å². The maximum atomic E-state index is 12.9. The van der Waals surface area contributed by atoms with Crippen LogP contribution in [0.25, 0.3) is 0 Å². The van der Waals surface area contributed by atoms with Crippen molar-refractivity contribution in [2.24, 2.45) is 0 Å². The fourth-order valence-corrected chi connectivity index (χ4v) is 1.81. The van der Waals surface area contributed by atoms with Gasteiger partial charge in [0.1, 0.15) is 6.61 Å². The molecule has 0 radical (unpaired) electrons.